The molecule has 1 N–H and O–H groups in total. The Bertz CT molecular complexity index is 848. The van der Waals surface area contributed by atoms with Crippen LogP contribution in [0.1, 0.15) is 68.8 Å². The van der Waals surface area contributed by atoms with E-state index in [1.807, 2.05) is 19.1 Å². The van der Waals surface area contributed by atoms with Crippen LogP contribution >= 0.6 is 0 Å². The molecule has 0 amide bonds. The van der Waals surface area contributed by atoms with Gasteiger partial charge in [0.1, 0.15) is 5.69 Å². The number of ether oxygens (including phenoxy) is 2. The first-order chi connectivity index (χ1) is 12.8. The van der Waals surface area contributed by atoms with Crippen LogP contribution < -0.4 is 0 Å². The van der Waals surface area contributed by atoms with Crippen molar-refractivity contribution < 1.29 is 23.9 Å². The standard InChI is InChI=1S/C21H25NO5/c1-6-15-8-10-16(11-9-15)19(23)14(5)27-20(24)17-12(3)18(22-13(17)4)21(25)26-7-2/h8-11,14,22H,6-7H2,1-5H3. The zero-order valence-electron chi connectivity index (χ0n) is 16.3. The summed E-state index contributed by atoms with van der Waals surface area (Å²) in [6.07, 6.45) is -0.0573. The average molecular weight is 371 g/mol. The van der Waals surface area contributed by atoms with Gasteiger partial charge in [-0.3, -0.25) is 4.79 Å². The smallest absolute Gasteiger partial charge is 0.355 e. The molecule has 0 saturated heterocycles. The molecule has 2 rings (SSSR count). The van der Waals surface area contributed by atoms with E-state index in [4.69, 9.17) is 9.47 Å². The molecule has 144 valence electrons. The highest BCUT2D eigenvalue weighted by atomic mass is 16.5. The number of hydrogen-bond donors (Lipinski definition) is 1. The molecule has 0 spiro atoms. The summed E-state index contributed by atoms with van der Waals surface area (Å²) < 4.78 is 10.3. The van der Waals surface area contributed by atoms with E-state index >= 15 is 0 Å². The van der Waals surface area contributed by atoms with Crippen LogP contribution in [0.2, 0.25) is 0 Å². The highest BCUT2D eigenvalue weighted by Gasteiger charge is 2.27. The summed E-state index contributed by atoms with van der Waals surface area (Å²) in [5.74, 6) is -1.46. The van der Waals surface area contributed by atoms with Crippen LogP contribution in [0.4, 0.5) is 0 Å². The molecule has 27 heavy (non-hydrogen) atoms. The Morgan fingerprint density at radius 1 is 1.04 bits per heavy atom. The Labute approximate surface area is 158 Å². The predicted octanol–water partition coefficient (Wildman–Crippen LogP) is 3.80. The second-order valence-corrected chi connectivity index (χ2v) is 6.31. The molecule has 0 aliphatic heterocycles. The summed E-state index contributed by atoms with van der Waals surface area (Å²) in [7, 11) is 0. The zero-order chi connectivity index (χ0) is 20.1. The van der Waals surface area contributed by atoms with Crippen molar-refractivity contribution in [3.8, 4) is 0 Å². The van der Waals surface area contributed by atoms with Gasteiger partial charge >= 0.3 is 11.9 Å². The first-order valence-corrected chi connectivity index (χ1v) is 9.00. The van der Waals surface area contributed by atoms with E-state index in [9.17, 15) is 14.4 Å². The lowest BCUT2D eigenvalue weighted by atomic mass is 10.0. The Hall–Kier alpha value is -2.89. The predicted molar refractivity (Wildman–Crippen MR) is 101 cm³/mol. The highest BCUT2D eigenvalue weighted by molar-refractivity contribution is 6.03. The van der Waals surface area contributed by atoms with Crippen molar-refractivity contribution in [3.63, 3.8) is 0 Å². The number of rotatable bonds is 7. The van der Waals surface area contributed by atoms with Crippen molar-refractivity contribution in [2.75, 3.05) is 6.61 Å². The van der Waals surface area contributed by atoms with Crippen molar-refractivity contribution in [1.82, 2.24) is 4.98 Å². The highest BCUT2D eigenvalue weighted by Crippen LogP contribution is 2.21. The van der Waals surface area contributed by atoms with Crippen molar-refractivity contribution in [1.29, 1.82) is 0 Å². The number of nitrogens with one attached hydrogen (secondary N) is 1. The minimum atomic E-state index is -0.940. The van der Waals surface area contributed by atoms with E-state index in [2.05, 4.69) is 4.98 Å². The summed E-state index contributed by atoms with van der Waals surface area (Å²) in [4.78, 5) is 39.9. The minimum absolute atomic E-state index is 0.218. The molecule has 1 aromatic heterocycles. The van der Waals surface area contributed by atoms with Crippen molar-refractivity contribution in [2.45, 2.75) is 47.1 Å². The number of hydrogen-bond acceptors (Lipinski definition) is 5. The van der Waals surface area contributed by atoms with Gasteiger partial charge in [-0.25, -0.2) is 9.59 Å². The van der Waals surface area contributed by atoms with Gasteiger partial charge < -0.3 is 14.5 Å². The van der Waals surface area contributed by atoms with Crippen molar-refractivity contribution in [2.24, 2.45) is 0 Å². The third kappa shape index (κ3) is 4.45. The summed E-state index contributed by atoms with van der Waals surface area (Å²) in [6.45, 7) is 8.83. The second kappa shape index (κ2) is 8.66. The molecule has 1 aromatic carbocycles. The summed E-state index contributed by atoms with van der Waals surface area (Å²) in [5, 5.41) is 0. The lowest BCUT2D eigenvalue weighted by molar-refractivity contribution is 0.0317. The molecule has 0 aliphatic carbocycles. The third-order valence-corrected chi connectivity index (χ3v) is 4.42. The largest absolute Gasteiger partial charge is 0.461 e. The molecule has 1 heterocycles. The van der Waals surface area contributed by atoms with Gasteiger partial charge in [0.15, 0.2) is 6.10 Å². The molecule has 0 saturated carbocycles. The maximum atomic E-state index is 12.6. The fourth-order valence-electron chi connectivity index (χ4n) is 2.88. The molecule has 2 aromatic rings. The van der Waals surface area contributed by atoms with E-state index in [1.165, 1.54) is 6.92 Å². The normalized spacial score (nSPS) is 11.7. The van der Waals surface area contributed by atoms with Crippen LogP contribution in [0.3, 0.4) is 0 Å². The van der Waals surface area contributed by atoms with Gasteiger partial charge in [-0.05, 0) is 45.2 Å². The van der Waals surface area contributed by atoms with Crippen molar-refractivity contribution >= 4 is 17.7 Å². The monoisotopic (exact) mass is 371 g/mol. The average Bonchev–Trinajstić information content (AvgIpc) is 2.95. The number of H-pyrrole nitrogens is 1. The number of esters is 2. The van der Waals surface area contributed by atoms with Crippen LogP contribution in [-0.2, 0) is 15.9 Å². The van der Waals surface area contributed by atoms with Crippen LogP contribution in [0.25, 0.3) is 0 Å². The summed E-state index contributed by atoms with van der Waals surface area (Å²) in [5.41, 5.74) is 3.02. The Balaban J connectivity index is 2.16. The minimum Gasteiger partial charge on any atom is -0.461 e. The van der Waals surface area contributed by atoms with Gasteiger partial charge in [0.05, 0.1) is 12.2 Å². The molecule has 1 unspecified atom stereocenters. The van der Waals surface area contributed by atoms with Gasteiger partial charge in [-0.15, -0.1) is 0 Å². The molecule has 0 fully saturated rings. The SMILES string of the molecule is CCOC(=O)c1[nH]c(C)c(C(=O)OC(C)C(=O)c2ccc(CC)cc2)c1C. The second-order valence-electron chi connectivity index (χ2n) is 6.31. The number of benzene rings is 1. The van der Waals surface area contributed by atoms with E-state index in [1.54, 1.807) is 32.9 Å². The molecule has 6 nitrogen and oxygen atoms in total. The number of Topliss-reactive ketones (excluding diaryl/α,β-unsaturated/α-hetero) is 1. The van der Waals surface area contributed by atoms with Gasteiger partial charge in [0.25, 0.3) is 0 Å². The van der Waals surface area contributed by atoms with Gasteiger partial charge in [0, 0.05) is 11.3 Å². The van der Waals surface area contributed by atoms with Crippen molar-refractivity contribution in [3.05, 3.63) is 57.9 Å². The maximum absolute atomic E-state index is 12.6. The molecule has 0 radical (unpaired) electrons. The Kier molecular flexibility index (Phi) is 6.55. The first kappa shape index (κ1) is 20.4. The van der Waals surface area contributed by atoms with Crippen LogP contribution in [0.15, 0.2) is 24.3 Å². The van der Waals surface area contributed by atoms with E-state index < -0.39 is 18.0 Å². The third-order valence-electron chi connectivity index (χ3n) is 4.42. The van der Waals surface area contributed by atoms with Gasteiger partial charge in [0.2, 0.25) is 5.78 Å². The van der Waals surface area contributed by atoms with E-state index in [-0.39, 0.29) is 23.6 Å². The topological polar surface area (TPSA) is 85.5 Å². The van der Waals surface area contributed by atoms with Gasteiger partial charge in [-0.2, -0.15) is 0 Å². The zero-order valence-corrected chi connectivity index (χ0v) is 16.3. The van der Waals surface area contributed by atoms with Crippen LogP contribution in [0, 0.1) is 13.8 Å². The van der Waals surface area contributed by atoms with Crippen LogP contribution in [-0.4, -0.2) is 35.4 Å². The maximum Gasteiger partial charge on any atom is 0.355 e. The van der Waals surface area contributed by atoms with E-state index in [0.29, 0.717) is 16.8 Å². The first-order valence-electron chi connectivity index (χ1n) is 9.00. The van der Waals surface area contributed by atoms with Gasteiger partial charge in [-0.1, -0.05) is 31.2 Å². The quantitative estimate of drug-likeness (QED) is 0.591. The fraction of sp³-hybridized carbons (Fsp3) is 0.381. The number of ketones is 1. The molecule has 0 aliphatic rings. The Morgan fingerprint density at radius 2 is 1.67 bits per heavy atom. The fourth-order valence-corrected chi connectivity index (χ4v) is 2.88. The number of aromatic amines is 1. The Morgan fingerprint density at radius 3 is 2.22 bits per heavy atom. The summed E-state index contributed by atoms with van der Waals surface area (Å²) >= 11 is 0. The molecular formula is C21H25NO5. The number of carbonyl (C=O) groups is 3. The number of aromatic nitrogens is 1. The van der Waals surface area contributed by atoms with E-state index in [0.717, 1.165) is 12.0 Å². The molecular weight excluding hydrogens is 346 g/mol. The lowest BCUT2D eigenvalue weighted by Crippen LogP contribution is -2.25. The van der Waals surface area contributed by atoms with Crippen LogP contribution in [0.5, 0.6) is 0 Å². The number of aryl methyl sites for hydroxylation is 2. The lowest BCUT2D eigenvalue weighted by Gasteiger charge is -2.13. The molecule has 6 heteroatoms. The molecule has 1 atom stereocenters. The molecule has 0 bridgehead atoms. The summed E-state index contributed by atoms with van der Waals surface area (Å²) in [6, 6.07) is 7.23. The number of carbonyl (C=O) groups excluding carboxylic acids is 3.